The van der Waals surface area contributed by atoms with Gasteiger partial charge in [0.15, 0.2) is 0 Å². The highest BCUT2D eigenvalue weighted by Crippen LogP contribution is 1.86. The van der Waals surface area contributed by atoms with Crippen LogP contribution in [-0.4, -0.2) is 20.1 Å². The molecule has 0 aromatic rings. The second-order valence-corrected chi connectivity index (χ2v) is 2.10. The maximum absolute atomic E-state index is 5.14. The van der Waals surface area contributed by atoms with E-state index in [0.29, 0.717) is 6.54 Å². The van der Waals surface area contributed by atoms with E-state index in [0.717, 1.165) is 12.1 Å². The molecule has 0 rings (SSSR count). The molecule has 0 aromatic heterocycles. The fraction of sp³-hybridized carbons (Fsp3) is 1.00. The summed E-state index contributed by atoms with van der Waals surface area (Å²) in [6.07, 6.45) is 3.23. The van der Waals surface area contributed by atoms with E-state index < -0.39 is 0 Å². The van der Waals surface area contributed by atoms with Crippen molar-refractivity contribution >= 4 is 20.5 Å². The zero-order chi connectivity index (χ0) is 7.54. The SMILES string of the molecule is NCCS.[B]CCCC. The molecule has 0 aromatic carbocycles. The molecule has 0 atom stereocenters. The molecule has 0 spiro atoms. The highest BCUT2D eigenvalue weighted by atomic mass is 32.1. The van der Waals surface area contributed by atoms with E-state index >= 15 is 0 Å². The number of rotatable bonds is 3. The maximum atomic E-state index is 5.14. The third-order valence-electron chi connectivity index (χ3n) is 0.687. The minimum absolute atomic E-state index is 0.684. The molecule has 3 heteroatoms. The quantitative estimate of drug-likeness (QED) is 0.453. The van der Waals surface area contributed by atoms with Gasteiger partial charge in [-0.1, -0.05) is 26.1 Å². The highest BCUT2D eigenvalue weighted by Gasteiger charge is 1.68. The Kier molecular flexibility index (Phi) is 21.2. The summed E-state index contributed by atoms with van der Waals surface area (Å²) in [6.45, 7) is 2.82. The summed E-state index contributed by atoms with van der Waals surface area (Å²) in [6, 6.07) is 0. The van der Waals surface area contributed by atoms with Crippen LogP contribution in [0.15, 0.2) is 0 Å². The average Bonchev–Trinajstić information content (AvgIpc) is 1.91. The van der Waals surface area contributed by atoms with Gasteiger partial charge in [-0.15, -0.1) is 0 Å². The summed E-state index contributed by atoms with van der Waals surface area (Å²) in [5, 5.41) is 0. The minimum Gasteiger partial charge on any atom is -0.330 e. The van der Waals surface area contributed by atoms with Crippen LogP contribution in [-0.2, 0) is 0 Å². The van der Waals surface area contributed by atoms with Crippen LogP contribution in [0, 0.1) is 0 Å². The van der Waals surface area contributed by atoms with E-state index in [1.807, 2.05) is 0 Å². The third-order valence-corrected chi connectivity index (χ3v) is 0.945. The Morgan fingerprint density at radius 1 is 1.56 bits per heavy atom. The summed E-state index contributed by atoms with van der Waals surface area (Å²) in [5.74, 6) is 0.792. The Hall–Kier alpha value is 0.375. The van der Waals surface area contributed by atoms with Gasteiger partial charge in [0, 0.05) is 12.3 Å². The molecule has 0 saturated carbocycles. The van der Waals surface area contributed by atoms with Crippen molar-refractivity contribution < 1.29 is 0 Å². The number of hydrogen-bond acceptors (Lipinski definition) is 2. The summed E-state index contributed by atoms with van der Waals surface area (Å²) in [4.78, 5) is 0. The lowest BCUT2D eigenvalue weighted by Crippen LogP contribution is -1.97. The second-order valence-electron chi connectivity index (χ2n) is 1.65. The summed E-state index contributed by atoms with van der Waals surface area (Å²) < 4.78 is 0. The molecular formula is C6H16BNS. The Morgan fingerprint density at radius 2 is 2.00 bits per heavy atom. The molecule has 0 fully saturated rings. The van der Waals surface area contributed by atoms with E-state index in [-0.39, 0.29) is 0 Å². The van der Waals surface area contributed by atoms with Gasteiger partial charge in [0.2, 0.25) is 0 Å². The largest absolute Gasteiger partial charge is 0.330 e. The molecule has 0 aliphatic rings. The fourth-order valence-electron chi connectivity index (χ4n) is 0.204. The first-order valence-corrected chi connectivity index (χ1v) is 3.97. The van der Waals surface area contributed by atoms with E-state index in [1.165, 1.54) is 12.8 Å². The first-order chi connectivity index (χ1) is 4.33. The molecule has 54 valence electrons. The molecule has 9 heavy (non-hydrogen) atoms. The van der Waals surface area contributed by atoms with Gasteiger partial charge in [0.05, 0.1) is 7.85 Å². The lowest BCUT2D eigenvalue weighted by atomic mass is 10.0. The zero-order valence-electron chi connectivity index (χ0n) is 6.14. The Bertz CT molecular complexity index is 32.2. The van der Waals surface area contributed by atoms with Crippen molar-refractivity contribution in [3.63, 3.8) is 0 Å². The topological polar surface area (TPSA) is 26.0 Å². The Morgan fingerprint density at radius 3 is 2.00 bits per heavy atom. The molecule has 0 amide bonds. The van der Waals surface area contributed by atoms with Crippen LogP contribution in [0.3, 0.4) is 0 Å². The van der Waals surface area contributed by atoms with E-state index in [2.05, 4.69) is 19.6 Å². The summed E-state index contributed by atoms with van der Waals surface area (Å²) in [7, 11) is 5.14. The van der Waals surface area contributed by atoms with Crippen molar-refractivity contribution in [2.75, 3.05) is 12.3 Å². The van der Waals surface area contributed by atoms with Crippen LogP contribution in [0.2, 0.25) is 6.32 Å². The first kappa shape index (κ1) is 12.1. The standard InChI is InChI=1S/C4H9B.C2H7NS/c1-2-3-4-5;3-1-2-4/h2-4H2,1H3;4H,1-3H2. The van der Waals surface area contributed by atoms with Crippen LogP contribution >= 0.6 is 12.6 Å². The molecule has 0 aliphatic carbocycles. The summed E-state index contributed by atoms with van der Waals surface area (Å²) >= 11 is 3.80. The van der Waals surface area contributed by atoms with Gasteiger partial charge in [0.1, 0.15) is 0 Å². The number of unbranched alkanes of at least 4 members (excludes halogenated alkanes) is 1. The molecular weight excluding hydrogens is 129 g/mol. The second kappa shape index (κ2) is 15.8. The van der Waals surface area contributed by atoms with Gasteiger partial charge >= 0.3 is 0 Å². The molecule has 0 bridgehead atoms. The van der Waals surface area contributed by atoms with E-state index in [1.54, 1.807) is 0 Å². The normalized spacial score (nSPS) is 7.89. The van der Waals surface area contributed by atoms with Crippen LogP contribution < -0.4 is 5.73 Å². The predicted octanol–water partition coefficient (Wildman–Crippen LogP) is 1.25. The lowest BCUT2D eigenvalue weighted by molar-refractivity contribution is 0.884. The Labute approximate surface area is 65.2 Å². The van der Waals surface area contributed by atoms with Gasteiger partial charge in [0.25, 0.3) is 0 Å². The smallest absolute Gasteiger partial charge is 0.0652 e. The molecule has 0 unspecified atom stereocenters. The average molecular weight is 145 g/mol. The molecule has 0 aliphatic heterocycles. The number of hydrogen-bond donors (Lipinski definition) is 2. The van der Waals surface area contributed by atoms with Crippen LogP contribution in [0.5, 0.6) is 0 Å². The van der Waals surface area contributed by atoms with Crippen LogP contribution in [0.4, 0.5) is 0 Å². The third kappa shape index (κ3) is 29.9. The lowest BCUT2D eigenvalue weighted by Gasteiger charge is -1.79. The predicted molar refractivity (Wildman–Crippen MR) is 48.4 cm³/mol. The molecule has 1 nitrogen and oxygen atoms in total. The maximum Gasteiger partial charge on any atom is 0.0652 e. The van der Waals surface area contributed by atoms with Crippen molar-refractivity contribution in [3.05, 3.63) is 0 Å². The van der Waals surface area contributed by atoms with Crippen molar-refractivity contribution in [1.82, 2.24) is 0 Å². The molecule has 2 N–H and O–H groups in total. The monoisotopic (exact) mass is 145 g/mol. The van der Waals surface area contributed by atoms with Gasteiger partial charge in [-0.05, 0) is 0 Å². The van der Waals surface area contributed by atoms with E-state index in [9.17, 15) is 0 Å². The van der Waals surface area contributed by atoms with Crippen LogP contribution in [0.25, 0.3) is 0 Å². The van der Waals surface area contributed by atoms with Crippen molar-refractivity contribution in [2.45, 2.75) is 26.1 Å². The number of nitrogens with two attached hydrogens (primary N) is 1. The van der Waals surface area contributed by atoms with Crippen molar-refractivity contribution in [1.29, 1.82) is 0 Å². The fourth-order valence-corrected chi connectivity index (χ4v) is 0.204. The molecule has 0 heterocycles. The Balaban J connectivity index is 0. The number of thiol groups is 1. The van der Waals surface area contributed by atoms with Crippen LogP contribution in [0.1, 0.15) is 19.8 Å². The first-order valence-electron chi connectivity index (χ1n) is 3.34. The molecule has 0 saturated heterocycles. The highest BCUT2D eigenvalue weighted by molar-refractivity contribution is 7.80. The van der Waals surface area contributed by atoms with Gasteiger partial charge in [-0.3, -0.25) is 0 Å². The van der Waals surface area contributed by atoms with Crippen molar-refractivity contribution in [2.24, 2.45) is 5.73 Å². The molecule has 2 radical (unpaired) electrons. The minimum atomic E-state index is 0.684. The van der Waals surface area contributed by atoms with Gasteiger partial charge < -0.3 is 5.73 Å². The zero-order valence-corrected chi connectivity index (χ0v) is 7.03. The summed E-state index contributed by atoms with van der Waals surface area (Å²) in [5.41, 5.74) is 4.95. The van der Waals surface area contributed by atoms with E-state index in [4.69, 9.17) is 13.6 Å². The van der Waals surface area contributed by atoms with Gasteiger partial charge in [-0.25, -0.2) is 0 Å². The van der Waals surface area contributed by atoms with Crippen molar-refractivity contribution in [3.8, 4) is 0 Å². The van der Waals surface area contributed by atoms with Gasteiger partial charge in [-0.2, -0.15) is 12.6 Å².